The van der Waals surface area contributed by atoms with E-state index in [4.69, 9.17) is 21.7 Å². The van der Waals surface area contributed by atoms with Crippen LogP contribution in [0, 0.1) is 12.1 Å². The lowest BCUT2D eigenvalue weighted by molar-refractivity contribution is -0.808. The van der Waals surface area contributed by atoms with Crippen molar-refractivity contribution in [1.29, 1.82) is 0 Å². The summed E-state index contributed by atoms with van der Waals surface area (Å²) < 4.78 is 16.6. The number of nitrogens with one attached hydrogen (secondary N) is 1. The zero-order valence-corrected chi connectivity index (χ0v) is 16.8. The summed E-state index contributed by atoms with van der Waals surface area (Å²) in [6.07, 6.45) is 1.70. The molecule has 0 unspecified atom stereocenters. The largest absolute Gasteiger partial charge is 0.493 e. The molecule has 1 aliphatic heterocycles. The van der Waals surface area contributed by atoms with Gasteiger partial charge < -0.3 is 20.0 Å². The fraction of sp³-hybridized carbons (Fsp3) is 0.200. The van der Waals surface area contributed by atoms with Gasteiger partial charge in [-0.3, -0.25) is 9.42 Å². The van der Waals surface area contributed by atoms with Crippen LogP contribution in [0.15, 0.2) is 26.1 Å². The molecule has 0 spiro atoms. The van der Waals surface area contributed by atoms with Crippen LogP contribution in [0.1, 0.15) is 17.0 Å². The Labute approximate surface area is 166 Å². The number of methoxy groups -OCH3 is 1. The molecule has 11 heteroatoms. The first-order chi connectivity index (χ1) is 12.4. The van der Waals surface area contributed by atoms with Crippen LogP contribution in [0.2, 0.25) is 0 Å². The molecular formula is C15H12BrN3O5S2. The second-order valence-electron chi connectivity index (χ2n) is 5.14. The first-order valence-corrected chi connectivity index (χ1v) is 9.21. The van der Waals surface area contributed by atoms with Gasteiger partial charge in [-0.2, -0.15) is 0 Å². The van der Waals surface area contributed by atoms with E-state index in [-0.39, 0.29) is 18.2 Å². The van der Waals surface area contributed by atoms with E-state index in [1.165, 1.54) is 18.9 Å². The number of nitrogens with zero attached hydrogens (tertiary/aromatic N) is 2. The Morgan fingerprint density at radius 1 is 1.54 bits per heavy atom. The average Bonchev–Trinajstić information content (AvgIpc) is 3.07. The maximum Gasteiger partial charge on any atom is 0.263 e. The van der Waals surface area contributed by atoms with Gasteiger partial charge in [0.1, 0.15) is 4.32 Å². The van der Waals surface area contributed by atoms with Crippen molar-refractivity contribution in [2.45, 2.75) is 13.5 Å². The highest BCUT2D eigenvalue weighted by molar-refractivity contribution is 9.10. The lowest BCUT2D eigenvalue weighted by atomic mass is 10.2. The van der Waals surface area contributed by atoms with Crippen molar-refractivity contribution in [1.82, 2.24) is 10.5 Å². The van der Waals surface area contributed by atoms with Crippen LogP contribution in [0.3, 0.4) is 0 Å². The molecule has 1 fully saturated rings. The summed E-state index contributed by atoms with van der Waals surface area (Å²) >= 11 is 9.59. The van der Waals surface area contributed by atoms with Crippen molar-refractivity contribution < 1.29 is 23.8 Å². The van der Waals surface area contributed by atoms with Crippen LogP contribution in [0.4, 0.5) is 0 Å². The molecule has 0 radical (unpaired) electrons. The molecule has 1 aromatic heterocycles. The number of amides is 1. The lowest BCUT2D eigenvalue weighted by Gasteiger charge is -2.13. The zero-order valence-electron chi connectivity index (χ0n) is 13.6. The highest BCUT2D eigenvalue weighted by atomic mass is 79.9. The quantitative estimate of drug-likeness (QED) is 0.415. The minimum absolute atomic E-state index is 0.0409. The number of aromatic nitrogens is 2. The molecular weight excluding hydrogens is 446 g/mol. The van der Waals surface area contributed by atoms with Gasteiger partial charge in [-0.05, 0) is 44.6 Å². The molecule has 1 N–H and O–H groups in total. The molecule has 136 valence electrons. The van der Waals surface area contributed by atoms with Gasteiger partial charge in [0.15, 0.2) is 18.1 Å². The molecule has 1 aliphatic rings. The van der Waals surface area contributed by atoms with Crippen LogP contribution in [-0.4, -0.2) is 22.5 Å². The molecule has 0 atom stereocenters. The minimum Gasteiger partial charge on any atom is -0.493 e. The van der Waals surface area contributed by atoms with E-state index in [1.807, 2.05) is 0 Å². The molecule has 0 aliphatic carbocycles. The van der Waals surface area contributed by atoms with Gasteiger partial charge in [0.2, 0.25) is 11.4 Å². The van der Waals surface area contributed by atoms with Crippen molar-refractivity contribution in [2.75, 3.05) is 7.11 Å². The highest BCUT2D eigenvalue weighted by Gasteiger charge is 2.23. The van der Waals surface area contributed by atoms with E-state index >= 15 is 0 Å². The maximum atomic E-state index is 11.8. The third kappa shape index (κ3) is 3.84. The van der Waals surface area contributed by atoms with Crippen molar-refractivity contribution >= 4 is 56.2 Å². The van der Waals surface area contributed by atoms with E-state index in [1.54, 1.807) is 25.1 Å². The Morgan fingerprint density at radius 3 is 2.88 bits per heavy atom. The highest BCUT2D eigenvalue weighted by Crippen LogP contribution is 2.38. The van der Waals surface area contributed by atoms with Crippen LogP contribution in [-0.2, 0) is 11.4 Å². The molecule has 1 saturated heterocycles. The van der Waals surface area contributed by atoms with Gasteiger partial charge in [0.05, 0.1) is 16.5 Å². The SMILES string of the molecule is COc1cc(/C=C2/SC(=S)NC2=O)cc(Br)c1OCc1c(C)no[n+]1[O-]. The number of carbonyl (C=O) groups excluding carboxylic acids is 1. The molecule has 1 amide bonds. The van der Waals surface area contributed by atoms with E-state index in [0.29, 0.717) is 35.8 Å². The molecule has 0 saturated carbocycles. The molecule has 0 bridgehead atoms. The molecule has 2 aromatic rings. The van der Waals surface area contributed by atoms with Gasteiger partial charge >= 0.3 is 0 Å². The van der Waals surface area contributed by atoms with E-state index in [2.05, 4.69) is 31.0 Å². The Bertz CT molecular complexity index is 909. The predicted octanol–water partition coefficient (Wildman–Crippen LogP) is 2.46. The topological polar surface area (TPSA) is 101 Å². The molecule has 3 rings (SSSR count). The number of ether oxygens (including phenoxy) is 2. The van der Waals surface area contributed by atoms with Crippen molar-refractivity contribution in [3.63, 3.8) is 0 Å². The van der Waals surface area contributed by atoms with E-state index in [9.17, 15) is 10.0 Å². The molecule has 2 heterocycles. The predicted molar refractivity (Wildman–Crippen MR) is 102 cm³/mol. The number of hydrogen-bond acceptors (Lipinski definition) is 8. The summed E-state index contributed by atoms with van der Waals surface area (Å²) in [4.78, 5) is 12.6. The van der Waals surface area contributed by atoms with Crippen molar-refractivity contribution in [3.8, 4) is 11.5 Å². The smallest absolute Gasteiger partial charge is 0.263 e. The summed E-state index contributed by atoms with van der Waals surface area (Å²) in [5.74, 6) is 0.608. The molecule has 26 heavy (non-hydrogen) atoms. The summed E-state index contributed by atoms with van der Waals surface area (Å²) in [6.45, 7) is 1.60. The number of carbonyl (C=O) groups is 1. The Morgan fingerprint density at radius 2 is 2.31 bits per heavy atom. The van der Waals surface area contributed by atoms with Gasteiger partial charge in [-0.25, -0.2) is 0 Å². The van der Waals surface area contributed by atoms with Crippen LogP contribution in [0.5, 0.6) is 11.5 Å². The first kappa shape index (κ1) is 18.7. The van der Waals surface area contributed by atoms with Gasteiger partial charge in [0.25, 0.3) is 5.91 Å². The number of benzene rings is 1. The average molecular weight is 458 g/mol. The standard InChI is InChI=1S/C15H12BrN3O5S2/c1-7-10(19(21)24-18-7)6-23-13-9(16)3-8(4-11(13)22-2)5-12-14(20)17-15(25)26-12/h3-5H,6H2,1-2H3,(H,17,20,25)/b12-5+. The number of thiocarbonyl (C=S) groups is 1. The lowest BCUT2D eigenvalue weighted by Crippen LogP contribution is -2.29. The fourth-order valence-corrected chi connectivity index (χ4v) is 3.78. The van der Waals surface area contributed by atoms with Gasteiger partial charge in [0, 0.05) is 12.1 Å². The van der Waals surface area contributed by atoms with Crippen molar-refractivity contribution in [3.05, 3.63) is 43.7 Å². The summed E-state index contributed by atoms with van der Waals surface area (Å²) in [5, 5.41) is 17.6. The first-order valence-electron chi connectivity index (χ1n) is 7.19. The van der Waals surface area contributed by atoms with Crippen molar-refractivity contribution in [2.24, 2.45) is 0 Å². The monoisotopic (exact) mass is 457 g/mol. The number of aryl methyl sites for hydroxylation is 1. The Hall–Kier alpha value is -2.11. The zero-order chi connectivity index (χ0) is 18.8. The normalized spacial score (nSPS) is 15.4. The van der Waals surface area contributed by atoms with Gasteiger partial charge in [-0.15, -0.1) is 0 Å². The number of halogens is 1. The summed E-state index contributed by atoms with van der Waals surface area (Å²) in [6, 6.07) is 3.49. The minimum atomic E-state index is -0.238. The fourth-order valence-electron chi connectivity index (χ4n) is 2.17. The Kier molecular flexibility index (Phi) is 5.49. The van der Waals surface area contributed by atoms with Crippen LogP contribution >= 0.6 is 39.9 Å². The molecule has 8 nitrogen and oxygen atoms in total. The maximum absolute atomic E-state index is 11.8. The second kappa shape index (κ2) is 7.64. The third-order valence-corrected chi connectivity index (χ3v) is 5.19. The van der Waals surface area contributed by atoms with Crippen LogP contribution < -0.4 is 19.7 Å². The number of hydrogen-bond donors (Lipinski definition) is 1. The Balaban J connectivity index is 1.87. The number of rotatable bonds is 5. The van der Waals surface area contributed by atoms with E-state index < -0.39 is 0 Å². The molecule has 1 aromatic carbocycles. The van der Waals surface area contributed by atoms with E-state index in [0.717, 1.165) is 5.56 Å². The number of thioether (sulfide) groups is 1. The van der Waals surface area contributed by atoms with Gasteiger partial charge in [-0.1, -0.05) is 24.0 Å². The van der Waals surface area contributed by atoms with Crippen LogP contribution in [0.25, 0.3) is 6.08 Å². The summed E-state index contributed by atoms with van der Waals surface area (Å²) in [5.41, 5.74) is 1.43. The summed E-state index contributed by atoms with van der Waals surface area (Å²) in [7, 11) is 1.50. The second-order valence-corrected chi connectivity index (χ2v) is 7.71. The third-order valence-electron chi connectivity index (χ3n) is 3.43.